The second kappa shape index (κ2) is 7.24. The lowest BCUT2D eigenvalue weighted by molar-refractivity contribution is -0.141. The van der Waals surface area contributed by atoms with E-state index in [9.17, 15) is 9.59 Å². The van der Waals surface area contributed by atoms with E-state index in [0.29, 0.717) is 12.8 Å². The van der Waals surface area contributed by atoms with Crippen molar-refractivity contribution in [2.24, 2.45) is 5.92 Å². The van der Waals surface area contributed by atoms with Crippen molar-refractivity contribution in [3.05, 3.63) is 0 Å². The summed E-state index contributed by atoms with van der Waals surface area (Å²) in [4.78, 5) is 24.3. The van der Waals surface area contributed by atoms with Crippen LogP contribution in [0.5, 0.6) is 0 Å². The van der Waals surface area contributed by atoms with Crippen LogP contribution in [0.25, 0.3) is 0 Å². The molecule has 2 amide bonds. The fourth-order valence-electron chi connectivity index (χ4n) is 2.32. The number of hydrogen-bond donors (Lipinski definition) is 2. The molecule has 1 aliphatic rings. The first kappa shape index (κ1) is 14.8. The summed E-state index contributed by atoms with van der Waals surface area (Å²) < 4.78 is 0. The van der Waals surface area contributed by atoms with Crippen molar-refractivity contribution < 1.29 is 14.7 Å². The highest BCUT2D eigenvalue weighted by Gasteiger charge is 2.30. The van der Waals surface area contributed by atoms with Crippen molar-refractivity contribution in [1.82, 2.24) is 10.2 Å². The summed E-state index contributed by atoms with van der Waals surface area (Å²) in [5.74, 6) is -1.04. The number of amides is 2. The van der Waals surface area contributed by atoms with Crippen LogP contribution in [0.1, 0.15) is 45.4 Å². The van der Waals surface area contributed by atoms with Crippen LogP contribution < -0.4 is 5.32 Å². The number of urea groups is 1. The molecular formula is C13H24N2O3. The predicted molar refractivity (Wildman–Crippen MR) is 69.5 cm³/mol. The molecule has 2 unspecified atom stereocenters. The normalized spacial score (nSPS) is 22.8. The topological polar surface area (TPSA) is 69.6 Å². The molecule has 1 rings (SSSR count). The van der Waals surface area contributed by atoms with Crippen molar-refractivity contribution in [3.63, 3.8) is 0 Å². The number of hydrogen-bond acceptors (Lipinski definition) is 2. The summed E-state index contributed by atoms with van der Waals surface area (Å²) in [5, 5.41) is 11.8. The number of nitrogens with zero attached hydrogens (tertiary/aromatic N) is 1. The third-order valence-electron chi connectivity index (χ3n) is 3.55. The maximum atomic E-state index is 11.8. The molecule has 1 fully saturated rings. The summed E-state index contributed by atoms with van der Waals surface area (Å²) in [6.45, 7) is 2.89. The average Bonchev–Trinajstić information content (AvgIpc) is 2.77. The second-order valence-electron chi connectivity index (χ2n) is 5.12. The first-order valence-electron chi connectivity index (χ1n) is 6.79. The Kier molecular flexibility index (Phi) is 5.95. The summed E-state index contributed by atoms with van der Waals surface area (Å²) in [6.07, 6.45) is 5.28. The Morgan fingerprint density at radius 2 is 2.06 bits per heavy atom. The van der Waals surface area contributed by atoms with E-state index in [0.717, 1.165) is 32.2 Å². The Hall–Kier alpha value is -1.26. The van der Waals surface area contributed by atoms with E-state index in [1.54, 1.807) is 11.9 Å². The first-order valence-corrected chi connectivity index (χ1v) is 6.79. The van der Waals surface area contributed by atoms with Gasteiger partial charge in [-0.2, -0.15) is 0 Å². The monoisotopic (exact) mass is 256 g/mol. The van der Waals surface area contributed by atoms with Gasteiger partial charge in [-0.3, -0.25) is 4.79 Å². The molecule has 5 heteroatoms. The Bertz CT molecular complexity index is 294. The van der Waals surface area contributed by atoms with Gasteiger partial charge in [-0.15, -0.1) is 0 Å². The van der Waals surface area contributed by atoms with Crippen molar-refractivity contribution >= 4 is 12.0 Å². The lowest BCUT2D eigenvalue weighted by atomic mass is 10.1. The van der Waals surface area contributed by atoms with Gasteiger partial charge in [-0.25, -0.2) is 4.79 Å². The van der Waals surface area contributed by atoms with Crippen LogP contribution in [-0.2, 0) is 4.79 Å². The number of aliphatic carboxylic acids is 1. The quantitative estimate of drug-likeness (QED) is 0.715. The van der Waals surface area contributed by atoms with Crippen LogP contribution in [0.4, 0.5) is 4.79 Å². The Morgan fingerprint density at radius 3 is 2.61 bits per heavy atom. The number of carboxylic acid groups (broad SMARTS) is 1. The lowest BCUT2D eigenvalue weighted by Gasteiger charge is -2.21. The molecule has 0 aromatic carbocycles. The van der Waals surface area contributed by atoms with Gasteiger partial charge >= 0.3 is 12.0 Å². The van der Waals surface area contributed by atoms with Gasteiger partial charge in [0.1, 0.15) is 0 Å². The smallest absolute Gasteiger partial charge is 0.317 e. The van der Waals surface area contributed by atoms with E-state index in [1.807, 2.05) is 0 Å². The third-order valence-corrected chi connectivity index (χ3v) is 3.55. The highest BCUT2D eigenvalue weighted by atomic mass is 16.4. The average molecular weight is 256 g/mol. The zero-order valence-electron chi connectivity index (χ0n) is 11.3. The standard InChI is InChI=1S/C13H24N2O3/c1-3-4-5-8-15(2)13(18)14-11-7-6-10(9-11)12(16)17/h10-11H,3-9H2,1-2H3,(H,14,18)(H,16,17). The van der Waals surface area contributed by atoms with Gasteiger partial charge in [0.05, 0.1) is 5.92 Å². The van der Waals surface area contributed by atoms with E-state index in [2.05, 4.69) is 12.2 Å². The van der Waals surface area contributed by atoms with Crippen molar-refractivity contribution in [2.45, 2.75) is 51.5 Å². The predicted octanol–water partition coefficient (Wildman–Crippen LogP) is 2.07. The van der Waals surface area contributed by atoms with Crippen molar-refractivity contribution in [3.8, 4) is 0 Å². The summed E-state index contributed by atoms with van der Waals surface area (Å²) in [7, 11) is 1.79. The molecule has 18 heavy (non-hydrogen) atoms. The third kappa shape index (κ3) is 4.55. The fraction of sp³-hybridized carbons (Fsp3) is 0.846. The van der Waals surface area contributed by atoms with E-state index in [1.165, 1.54) is 0 Å². The fourth-order valence-corrected chi connectivity index (χ4v) is 2.32. The molecule has 0 radical (unpaired) electrons. The highest BCUT2D eigenvalue weighted by Crippen LogP contribution is 2.25. The van der Waals surface area contributed by atoms with Crippen LogP contribution in [0, 0.1) is 5.92 Å². The Balaban J connectivity index is 2.26. The number of unbranched alkanes of at least 4 members (excludes halogenated alkanes) is 2. The molecule has 0 saturated heterocycles. The van der Waals surface area contributed by atoms with E-state index >= 15 is 0 Å². The molecule has 1 aliphatic carbocycles. The minimum Gasteiger partial charge on any atom is -0.481 e. The van der Waals surface area contributed by atoms with Gasteiger partial charge in [-0.05, 0) is 25.7 Å². The highest BCUT2D eigenvalue weighted by molar-refractivity contribution is 5.75. The maximum absolute atomic E-state index is 11.8. The molecular weight excluding hydrogens is 232 g/mol. The second-order valence-corrected chi connectivity index (χ2v) is 5.12. The van der Waals surface area contributed by atoms with Gasteiger partial charge in [0, 0.05) is 19.6 Å². The summed E-state index contributed by atoms with van der Waals surface area (Å²) >= 11 is 0. The number of carbonyl (C=O) groups excluding carboxylic acids is 1. The van der Waals surface area contributed by atoms with Gasteiger partial charge < -0.3 is 15.3 Å². The van der Waals surface area contributed by atoms with Crippen LogP contribution in [0.3, 0.4) is 0 Å². The number of carboxylic acids is 1. The Morgan fingerprint density at radius 1 is 1.33 bits per heavy atom. The van der Waals surface area contributed by atoms with Gasteiger partial charge in [0.15, 0.2) is 0 Å². The van der Waals surface area contributed by atoms with Crippen molar-refractivity contribution in [1.29, 1.82) is 0 Å². The van der Waals surface area contributed by atoms with E-state index in [4.69, 9.17) is 5.11 Å². The maximum Gasteiger partial charge on any atom is 0.317 e. The largest absolute Gasteiger partial charge is 0.481 e. The molecule has 5 nitrogen and oxygen atoms in total. The zero-order chi connectivity index (χ0) is 13.5. The number of nitrogens with one attached hydrogen (secondary N) is 1. The molecule has 0 aromatic heterocycles. The van der Waals surface area contributed by atoms with Gasteiger partial charge in [-0.1, -0.05) is 19.8 Å². The molecule has 0 heterocycles. The summed E-state index contributed by atoms with van der Waals surface area (Å²) in [6, 6.07) is -0.0608. The SMILES string of the molecule is CCCCCN(C)C(=O)NC1CCC(C(=O)O)C1. The van der Waals surface area contributed by atoms with Crippen molar-refractivity contribution in [2.75, 3.05) is 13.6 Å². The van der Waals surface area contributed by atoms with Gasteiger partial charge in [0.2, 0.25) is 0 Å². The summed E-state index contributed by atoms with van der Waals surface area (Å²) in [5.41, 5.74) is 0. The molecule has 2 N–H and O–H groups in total. The first-order chi connectivity index (χ1) is 8.54. The zero-order valence-corrected chi connectivity index (χ0v) is 11.3. The minimum atomic E-state index is -0.747. The molecule has 1 saturated carbocycles. The van der Waals surface area contributed by atoms with E-state index < -0.39 is 5.97 Å². The van der Waals surface area contributed by atoms with Gasteiger partial charge in [0.25, 0.3) is 0 Å². The van der Waals surface area contributed by atoms with Crippen LogP contribution in [0.15, 0.2) is 0 Å². The molecule has 2 atom stereocenters. The van der Waals surface area contributed by atoms with Crippen LogP contribution in [-0.4, -0.2) is 41.6 Å². The molecule has 0 aliphatic heterocycles. The molecule has 104 valence electrons. The van der Waals surface area contributed by atoms with Crippen LogP contribution in [0.2, 0.25) is 0 Å². The molecule has 0 aromatic rings. The molecule has 0 spiro atoms. The molecule has 0 bridgehead atoms. The van der Waals surface area contributed by atoms with E-state index in [-0.39, 0.29) is 18.0 Å². The van der Waals surface area contributed by atoms with Crippen LogP contribution >= 0.6 is 0 Å². The Labute approximate surface area is 109 Å². The number of rotatable bonds is 6. The minimum absolute atomic E-state index is 0.0206. The number of carbonyl (C=O) groups is 2. The lowest BCUT2D eigenvalue weighted by Crippen LogP contribution is -2.42.